The maximum Gasteiger partial charge on any atom is 0.266 e. The number of carbonyl (C=O) groups excluding carboxylic acids is 1. The lowest BCUT2D eigenvalue weighted by molar-refractivity contribution is -0.121. The number of amidine groups is 1. The molecule has 0 aliphatic carbocycles. The Kier molecular flexibility index (Phi) is 5.53. The van der Waals surface area contributed by atoms with Gasteiger partial charge in [-0.2, -0.15) is 0 Å². The SMILES string of the molecule is C=CCOc1ccccc1/C=C1/SC(=Nc2ccc(F)cc2)N(C)C1=O. The molecule has 1 aliphatic rings. The van der Waals surface area contributed by atoms with Gasteiger partial charge in [-0.25, -0.2) is 9.38 Å². The van der Waals surface area contributed by atoms with E-state index in [1.54, 1.807) is 31.3 Å². The number of hydrogen-bond donors (Lipinski definition) is 0. The van der Waals surface area contributed by atoms with Crippen LogP contribution in [0.2, 0.25) is 0 Å². The maximum absolute atomic E-state index is 13.0. The minimum absolute atomic E-state index is 0.144. The molecule has 2 aromatic carbocycles. The highest BCUT2D eigenvalue weighted by molar-refractivity contribution is 8.18. The van der Waals surface area contributed by atoms with Crippen LogP contribution >= 0.6 is 11.8 Å². The van der Waals surface area contributed by atoms with E-state index in [9.17, 15) is 9.18 Å². The van der Waals surface area contributed by atoms with E-state index in [4.69, 9.17) is 4.74 Å². The first-order valence-electron chi connectivity index (χ1n) is 7.93. The van der Waals surface area contributed by atoms with Crippen molar-refractivity contribution in [1.82, 2.24) is 4.90 Å². The third-order valence-electron chi connectivity index (χ3n) is 3.62. The van der Waals surface area contributed by atoms with Gasteiger partial charge >= 0.3 is 0 Å². The van der Waals surface area contributed by atoms with Gasteiger partial charge in [0.25, 0.3) is 5.91 Å². The summed E-state index contributed by atoms with van der Waals surface area (Å²) in [5.74, 6) is 0.212. The summed E-state index contributed by atoms with van der Waals surface area (Å²) in [5.41, 5.74) is 1.39. The molecule has 0 N–H and O–H groups in total. The normalized spacial score (nSPS) is 17.2. The number of benzene rings is 2. The van der Waals surface area contributed by atoms with E-state index < -0.39 is 0 Å². The van der Waals surface area contributed by atoms with E-state index in [0.29, 0.717) is 28.1 Å². The summed E-state index contributed by atoms with van der Waals surface area (Å²) in [6.45, 7) is 4.03. The molecule has 4 nitrogen and oxygen atoms in total. The molecular formula is C20H17FN2O2S. The third-order valence-corrected chi connectivity index (χ3v) is 4.68. The van der Waals surface area contributed by atoms with Gasteiger partial charge in [-0.05, 0) is 48.2 Å². The van der Waals surface area contributed by atoms with Crippen LogP contribution in [0.5, 0.6) is 5.75 Å². The van der Waals surface area contributed by atoms with Crippen LogP contribution < -0.4 is 4.74 Å². The fourth-order valence-electron chi connectivity index (χ4n) is 2.30. The number of thioether (sulfide) groups is 1. The highest BCUT2D eigenvalue weighted by Gasteiger charge is 2.30. The van der Waals surface area contributed by atoms with Crippen LogP contribution in [0.4, 0.5) is 10.1 Å². The fourth-order valence-corrected chi connectivity index (χ4v) is 3.28. The molecule has 0 atom stereocenters. The molecule has 0 aromatic heterocycles. The summed E-state index contributed by atoms with van der Waals surface area (Å²) in [7, 11) is 1.67. The van der Waals surface area contributed by atoms with Gasteiger partial charge in [-0.15, -0.1) is 0 Å². The molecule has 0 unspecified atom stereocenters. The fraction of sp³-hybridized carbons (Fsp3) is 0.100. The molecule has 0 spiro atoms. The molecule has 3 rings (SSSR count). The quantitative estimate of drug-likeness (QED) is 0.571. The molecule has 2 aromatic rings. The van der Waals surface area contributed by atoms with Crippen LogP contribution in [-0.2, 0) is 4.79 Å². The number of amides is 1. The number of nitrogens with zero attached hydrogens (tertiary/aromatic N) is 2. The van der Waals surface area contributed by atoms with Crippen LogP contribution in [0.1, 0.15) is 5.56 Å². The molecule has 1 amide bonds. The summed E-state index contributed by atoms with van der Waals surface area (Å²) in [6, 6.07) is 13.3. The van der Waals surface area contributed by atoms with Crippen LogP contribution in [0, 0.1) is 5.82 Å². The van der Waals surface area contributed by atoms with Gasteiger partial charge in [-0.1, -0.05) is 30.9 Å². The number of para-hydroxylation sites is 1. The Morgan fingerprint density at radius 1 is 1.23 bits per heavy atom. The van der Waals surface area contributed by atoms with E-state index in [-0.39, 0.29) is 11.7 Å². The Bertz CT molecular complexity index is 891. The van der Waals surface area contributed by atoms with Crippen molar-refractivity contribution in [2.75, 3.05) is 13.7 Å². The van der Waals surface area contributed by atoms with Crippen molar-refractivity contribution < 1.29 is 13.9 Å². The van der Waals surface area contributed by atoms with Crippen molar-refractivity contribution in [1.29, 1.82) is 0 Å². The first-order chi connectivity index (χ1) is 12.6. The van der Waals surface area contributed by atoms with E-state index in [0.717, 1.165) is 5.56 Å². The molecule has 0 radical (unpaired) electrons. The number of hydrogen-bond acceptors (Lipinski definition) is 4. The smallest absolute Gasteiger partial charge is 0.266 e. The van der Waals surface area contributed by atoms with Gasteiger partial charge in [0, 0.05) is 12.6 Å². The largest absolute Gasteiger partial charge is 0.489 e. The molecule has 1 saturated heterocycles. The standard InChI is InChI=1S/C20H17FN2O2S/c1-3-12-25-17-7-5-4-6-14(17)13-18-19(24)23(2)20(26-18)22-16-10-8-15(21)9-11-16/h3-11,13H,1,12H2,2H3/b18-13+,22-20?. The van der Waals surface area contributed by atoms with Crippen molar-refractivity contribution >= 4 is 34.6 Å². The molecule has 0 bridgehead atoms. The minimum Gasteiger partial charge on any atom is -0.489 e. The molecule has 26 heavy (non-hydrogen) atoms. The van der Waals surface area contributed by atoms with E-state index in [2.05, 4.69) is 11.6 Å². The lowest BCUT2D eigenvalue weighted by Gasteiger charge is -2.07. The Hall–Kier alpha value is -2.86. The van der Waals surface area contributed by atoms with Gasteiger partial charge in [0.05, 0.1) is 10.6 Å². The number of carbonyl (C=O) groups is 1. The molecule has 6 heteroatoms. The number of aliphatic imine (C=N–C) groups is 1. The monoisotopic (exact) mass is 368 g/mol. The lowest BCUT2D eigenvalue weighted by Crippen LogP contribution is -2.23. The van der Waals surface area contributed by atoms with Gasteiger partial charge in [0.1, 0.15) is 18.2 Å². The third kappa shape index (κ3) is 4.03. The van der Waals surface area contributed by atoms with Gasteiger partial charge in [0.2, 0.25) is 0 Å². The average molecular weight is 368 g/mol. The lowest BCUT2D eigenvalue weighted by atomic mass is 10.2. The Morgan fingerprint density at radius 3 is 2.69 bits per heavy atom. The first kappa shape index (κ1) is 17.9. The van der Waals surface area contributed by atoms with E-state index >= 15 is 0 Å². The molecule has 1 heterocycles. The predicted octanol–water partition coefficient (Wildman–Crippen LogP) is 4.62. The Morgan fingerprint density at radius 2 is 1.96 bits per heavy atom. The van der Waals surface area contributed by atoms with Crippen molar-refractivity contribution in [2.24, 2.45) is 4.99 Å². The summed E-state index contributed by atoms with van der Waals surface area (Å²) in [4.78, 5) is 19.0. The van der Waals surface area contributed by atoms with Gasteiger partial charge in [0.15, 0.2) is 5.17 Å². The summed E-state index contributed by atoms with van der Waals surface area (Å²) < 4.78 is 18.7. The second kappa shape index (κ2) is 8.01. The number of likely N-dealkylation sites (N-methyl/N-ethyl adjacent to an activating group) is 1. The maximum atomic E-state index is 13.0. The topological polar surface area (TPSA) is 41.9 Å². The molecule has 1 fully saturated rings. The number of halogens is 1. The van der Waals surface area contributed by atoms with Crippen molar-refractivity contribution in [2.45, 2.75) is 0 Å². The average Bonchev–Trinajstić information content (AvgIpc) is 2.91. The second-order valence-corrected chi connectivity index (χ2v) is 6.49. The van der Waals surface area contributed by atoms with Crippen LogP contribution in [-0.4, -0.2) is 29.6 Å². The number of ether oxygens (including phenoxy) is 1. The predicted molar refractivity (Wildman–Crippen MR) is 104 cm³/mol. The molecule has 132 valence electrons. The number of rotatable bonds is 5. The van der Waals surface area contributed by atoms with Gasteiger partial charge in [-0.3, -0.25) is 9.69 Å². The minimum atomic E-state index is -0.325. The second-order valence-electron chi connectivity index (χ2n) is 5.48. The highest BCUT2D eigenvalue weighted by atomic mass is 32.2. The zero-order chi connectivity index (χ0) is 18.5. The Labute approximate surface area is 155 Å². The molecular weight excluding hydrogens is 351 g/mol. The first-order valence-corrected chi connectivity index (χ1v) is 8.74. The van der Waals surface area contributed by atoms with E-state index in [1.165, 1.54) is 28.8 Å². The molecule has 1 aliphatic heterocycles. The Balaban J connectivity index is 1.88. The van der Waals surface area contributed by atoms with Crippen LogP contribution in [0.3, 0.4) is 0 Å². The van der Waals surface area contributed by atoms with Gasteiger partial charge < -0.3 is 4.74 Å². The van der Waals surface area contributed by atoms with Crippen molar-refractivity contribution in [3.8, 4) is 5.75 Å². The zero-order valence-electron chi connectivity index (χ0n) is 14.2. The van der Waals surface area contributed by atoms with Crippen LogP contribution in [0.15, 0.2) is 71.1 Å². The van der Waals surface area contributed by atoms with Crippen molar-refractivity contribution in [3.63, 3.8) is 0 Å². The summed E-state index contributed by atoms with van der Waals surface area (Å²) in [5, 5.41) is 0.539. The summed E-state index contributed by atoms with van der Waals surface area (Å²) >= 11 is 1.27. The molecule has 0 saturated carbocycles. The van der Waals surface area contributed by atoms with E-state index in [1.807, 2.05) is 24.3 Å². The van der Waals surface area contributed by atoms with Crippen molar-refractivity contribution in [3.05, 3.63) is 77.5 Å². The summed E-state index contributed by atoms with van der Waals surface area (Å²) in [6.07, 6.45) is 3.45. The zero-order valence-corrected chi connectivity index (χ0v) is 15.0. The van der Waals surface area contributed by atoms with Crippen LogP contribution in [0.25, 0.3) is 6.08 Å². The highest BCUT2D eigenvalue weighted by Crippen LogP contribution is 2.34.